The van der Waals surface area contributed by atoms with Crippen molar-refractivity contribution in [3.63, 3.8) is 0 Å². The highest BCUT2D eigenvalue weighted by atomic mass is 28.4. The average molecular weight is 444 g/mol. The fraction of sp³-hybridized carbons (Fsp3) is 0.458. The van der Waals surface area contributed by atoms with Gasteiger partial charge in [0.15, 0.2) is 0 Å². The third kappa shape index (κ3) is 5.74. The van der Waals surface area contributed by atoms with E-state index in [1.54, 1.807) is 0 Å². The van der Waals surface area contributed by atoms with E-state index in [0.29, 0.717) is 45.4 Å². The minimum absolute atomic E-state index is 0.0621. The molecule has 0 aliphatic heterocycles. The summed E-state index contributed by atoms with van der Waals surface area (Å²) < 4.78 is 23.1. The highest BCUT2D eigenvalue weighted by molar-refractivity contribution is 6.60. The van der Waals surface area contributed by atoms with Crippen LogP contribution in [-0.2, 0) is 18.0 Å². The number of fused-ring (bicyclic) bond motifs is 3. The molecule has 0 unspecified atom stereocenters. The van der Waals surface area contributed by atoms with Crippen LogP contribution in [0.25, 0.3) is 11.1 Å². The van der Waals surface area contributed by atoms with Crippen molar-refractivity contribution in [2.75, 3.05) is 33.0 Å². The van der Waals surface area contributed by atoms with Gasteiger partial charge in [-0.2, -0.15) is 0 Å². The van der Waals surface area contributed by atoms with E-state index in [1.807, 2.05) is 45.0 Å². The number of hydrogen-bond acceptors (Lipinski definition) is 5. The molecule has 168 valence electrons. The molecule has 31 heavy (non-hydrogen) atoms. The predicted octanol–water partition coefficient (Wildman–Crippen LogP) is 4.96. The summed E-state index contributed by atoms with van der Waals surface area (Å²) in [7, 11) is -2.68. The molecule has 0 spiro atoms. The number of amides is 1. The predicted molar refractivity (Wildman–Crippen MR) is 123 cm³/mol. The topological polar surface area (TPSA) is 66.0 Å². The van der Waals surface area contributed by atoms with E-state index in [4.69, 9.17) is 18.0 Å². The van der Waals surface area contributed by atoms with Gasteiger partial charge in [0.2, 0.25) is 0 Å². The van der Waals surface area contributed by atoms with Gasteiger partial charge in [-0.25, -0.2) is 4.79 Å². The first-order valence-electron chi connectivity index (χ1n) is 11.1. The van der Waals surface area contributed by atoms with Crippen LogP contribution < -0.4 is 5.32 Å². The summed E-state index contributed by atoms with van der Waals surface area (Å²) in [6.45, 7) is 8.26. The second kappa shape index (κ2) is 11.4. The summed E-state index contributed by atoms with van der Waals surface area (Å²) >= 11 is 0. The van der Waals surface area contributed by atoms with E-state index in [2.05, 4.69) is 29.6 Å². The van der Waals surface area contributed by atoms with Crippen molar-refractivity contribution in [2.24, 2.45) is 0 Å². The zero-order valence-corrected chi connectivity index (χ0v) is 19.7. The maximum absolute atomic E-state index is 12.3. The van der Waals surface area contributed by atoms with Crippen LogP contribution in [0.2, 0.25) is 6.04 Å². The molecule has 0 fully saturated rings. The molecule has 0 heterocycles. The minimum atomic E-state index is -2.68. The highest BCUT2D eigenvalue weighted by Gasteiger charge is 2.39. The van der Waals surface area contributed by atoms with Crippen molar-refractivity contribution in [1.82, 2.24) is 5.32 Å². The smallest absolute Gasteiger partial charge is 0.449 e. The van der Waals surface area contributed by atoms with E-state index < -0.39 is 14.9 Å². The Balaban J connectivity index is 1.50. The van der Waals surface area contributed by atoms with E-state index in [0.717, 1.165) is 0 Å². The third-order valence-corrected chi connectivity index (χ3v) is 8.52. The molecule has 2 aromatic carbocycles. The number of alkyl carbamates (subject to hydrolysis) is 1. The van der Waals surface area contributed by atoms with Crippen molar-refractivity contribution in [3.05, 3.63) is 59.7 Å². The summed E-state index contributed by atoms with van der Waals surface area (Å²) in [6, 6.07) is 17.3. The second-order valence-corrected chi connectivity index (χ2v) is 10.1. The lowest BCUT2D eigenvalue weighted by Crippen LogP contribution is -2.46. The molecule has 2 aromatic rings. The molecule has 6 nitrogen and oxygen atoms in total. The summed E-state index contributed by atoms with van der Waals surface area (Å²) in [5.74, 6) is 0.0621. The van der Waals surface area contributed by atoms with Crippen LogP contribution in [0.5, 0.6) is 0 Å². The zero-order valence-electron chi connectivity index (χ0n) is 18.7. The maximum atomic E-state index is 12.3. The Morgan fingerprint density at radius 2 is 1.39 bits per heavy atom. The van der Waals surface area contributed by atoms with Gasteiger partial charge in [0.1, 0.15) is 6.61 Å². The number of carbonyl (C=O) groups is 1. The van der Waals surface area contributed by atoms with Crippen LogP contribution in [0.15, 0.2) is 48.5 Å². The highest BCUT2D eigenvalue weighted by Crippen LogP contribution is 2.44. The van der Waals surface area contributed by atoms with Crippen molar-refractivity contribution in [2.45, 2.75) is 39.2 Å². The molecule has 0 bridgehead atoms. The monoisotopic (exact) mass is 443 g/mol. The normalized spacial score (nSPS) is 13.0. The molecule has 0 aromatic heterocycles. The standard InChI is InChI=1S/C24H33NO5Si/c1-4-28-31(29-5-2,30-6-3)17-11-16-25-24(26)27-18-23-21-14-9-7-12-19(21)20-13-8-10-15-22(20)23/h7-10,12-15,23H,4-6,11,16-18H2,1-3H3,(H,25,26). The van der Waals surface area contributed by atoms with E-state index in [9.17, 15) is 4.79 Å². The van der Waals surface area contributed by atoms with Crippen LogP contribution in [0.1, 0.15) is 44.2 Å². The van der Waals surface area contributed by atoms with Crippen LogP contribution in [0.4, 0.5) is 4.79 Å². The Bertz CT molecular complexity index is 797. The van der Waals surface area contributed by atoms with Crippen LogP contribution in [0.3, 0.4) is 0 Å². The first-order chi connectivity index (χ1) is 15.1. The van der Waals surface area contributed by atoms with Gasteiger partial charge >= 0.3 is 14.9 Å². The molecule has 0 saturated carbocycles. The summed E-state index contributed by atoms with van der Waals surface area (Å²) in [6.07, 6.45) is 0.300. The molecule has 0 saturated heterocycles. The lowest BCUT2D eigenvalue weighted by molar-refractivity contribution is 0.0706. The molecule has 7 heteroatoms. The molecular formula is C24H33NO5Si. The van der Waals surface area contributed by atoms with Gasteiger partial charge in [0, 0.05) is 38.3 Å². The van der Waals surface area contributed by atoms with E-state index in [1.165, 1.54) is 22.3 Å². The third-order valence-electron chi connectivity index (χ3n) is 5.37. The number of carbonyl (C=O) groups excluding carboxylic acids is 1. The molecule has 1 N–H and O–H groups in total. The van der Waals surface area contributed by atoms with Gasteiger partial charge in [0.25, 0.3) is 0 Å². The van der Waals surface area contributed by atoms with Crippen molar-refractivity contribution < 1.29 is 22.8 Å². The first-order valence-corrected chi connectivity index (χ1v) is 13.1. The van der Waals surface area contributed by atoms with Crippen LogP contribution in [0, 0.1) is 0 Å². The summed E-state index contributed by atoms with van der Waals surface area (Å²) in [4.78, 5) is 12.3. The fourth-order valence-electron chi connectivity index (χ4n) is 4.15. The first kappa shape index (κ1) is 23.5. The number of nitrogens with one attached hydrogen (secondary N) is 1. The number of rotatable bonds is 12. The largest absolute Gasteiger partial charge is 0.500 e. The Labute approximate surface area is 186 Å². The van der Waals surface area contributed by atoms with E-state index in [-0.39, 0.29) is 5.92 Å². The Hall–Kier alpha value is -2.19. The quantitative estimate of drug-likeness (QED) is 0.371. The maximum Gasteiger partial charge on any atom is 0.500 e. The molecule has 1 amide bonds. The number of benzene rings is 2. The molecule has 3 rings (SSSR count). The number of ether oxygens (including phenoxy) is 1. The van der Waals surface area contributed by atoms with Gasteiger partial charge in [-0.05, 0) is 49.4 Å². The Morgan fingerprint density at radius 1 is 0.871 bits per heavy atom. The lowest BCUT2D eigenvalue weighted by atomic mass is 9.98. The Morgan fingerprint density at radius 3 is 1.90 bits per heavy atom. The second-order valence-electron chi connectivity index (χ2n) is 7.34. The van der Waals surface area contributed by atoms with Gasteiger partial charge in [-0.15, -0.1) is 0 Å². The molecule has 1 aliphatic rings. The van der Waals surface area contributed by atoms with Gasteiger partial charge in [0.05, 0.1) is 0 Å². The SMILES string of the molecule is CCO[Si](CCCNC(=O)OCC1c2ccccc2-c2ccccc21)(OCC)OCC. The average Bonchev–Trinajstić information content (AvgIpc) is 3.10. The number of hydrogen-bond donors (Lipinski definition) is 1. The van der Waals surface area contributed by atoms with Crippen molar-refractivity contribution >= 4 is 14.9 Å². The molecular weight excluding hydrogens is 410 g/mol. The van der Waals surface area contributed by atoms with Gasteiger partial charge < -0.3 is 23.3 Å². The van der Waals surface area contributed by atoms with Crippen LogP contribution in [-0.4, -0.2) is 47.9 Å². The lowest BCUT2D eigenvalue weighted by Gasteiger charge is -2.28. The van der Waals surface area contributed by atoms with Gasteiger partial charge in [-0.1, -0.05) is 48.5 Å². The summed E-state index contributed by atoms with van der Waals surface area (Å²) in [5.41, 5.74) is 4.85. The molecule has 0 radical (unpaired) electrons. The molecule has 1 aliphatic carbocycles. The molecule has 0 atom stereocenters. The van der Waals surface area contributed by atoms with E-state index >= 15 is 0 Å². The van der Waals surface area contributed by atoms with Crippen molar-refractivity contribution in [1.29, 1.82) is 0 Å². The van der Waals surface area contributed by atoms with Gasteiger partial charge in [-0.3, -0.25) is 0 Å². The zero-order chi connectivity index (χ0) is 22.1. The fourth-order valence-corrected chi connectivity index (χ4v) is 6.76. The van der Waals surface area contributed by atoms with Crippen molar-refractivity contribution in [3.8, 4) is 11.1 Å². The summed E-state index contributed by atoms with van der Waals surface area (Å²) in [5, 5.41) is 2.85. The minimum Gasteiger partial charge on any atom is -0.449 e. The Kier molecular flexibility index (Phi) is 8.66. The van der Waals surface area contributed by atoms with Crippen LogP contribution >= 0.6 is 0 Å².